The number of hydrogen-bond acceptors (Lipinski definition) is 9. The van der Waals surface area contributed by atoms with E-state index in [1.807, 2.05) is 0 Å². The van der Waals surface area contributed by atoms with Crippen molar-refractivity contribution in [3.63, 3.8) is 0 Å². The quantitative estimate of drug-likeness (QED) is 0.277. The predicted octanol–water partition coefficient (Wildman–Crippen LogP) is 3.22. The summed E-state index contributed by atoms with van der Waals surface area (Å²) in [5, 5.41) is 0. The molecule has 0 spiro atoms. The fraction of sp³-hybridized carbons (Fsp3) is 0.815. The van der Waals surface area contributed by atoms with Gasteiger partial charge >= 0.3 is 29.8 Å². The van der Waals surface area contributed by atoms with Crippen LogP contribution in [0.25, 0.3) is 0 Å². The summed E-state index contributed by atoms with van der Waals surface area (Å²) in [5.74, 6) is -4.04. The van der Waals surface area contributed by atoms with Crippen molar-refractivity contribution in [1.29, 1.82) is 0 Å². The van der Waals surface area contributed by atoms with E-state index in [1.165, 1.54) is 0 Å². The zero-order valence-electron chi connectivity index (χ0n) is 21.8. The van der Waals surface area contributed by atoms with Crippen molar-refractivity contribution in [2.24, 2.45) is 47.3 Å². The molecule has 0 aromatic heterocycles. The molecule has 36 heavy (non-hydrogen) atoms. The lowest BCUT2D eigenvalue weighted by atomic mass is 9.68. The lowest BCUT2D eigenvalue weighted by molar-refractivity contribution is -0.163. The number of carbonyl (C=O) groups is 5. The fourth-order valence-corrected chi connectivity index (χ4v) is 6.81. The van der Waals surface area contributed by atoms with Crippen LogP contribution in [-0.2, 0) is 42.9 Å². The van der Waals surface area contributed by atoms with Crippen molar-refractivity contribution >= 4 is 29.8 Å². The average Bonchev–Trinajstić information content (AvgIpc) is 3.52. The standard InChI is InChI=1S/C27H38O9/c1-13(23(29)34-18-11-20(28)33-12-18)8-17(24(30)36-27(3,4)5)10-19-22(26(32)35-25(19)31)21-14(2)15-6-7-16(21)9-15/h13-19,21-22H,6-12H2,1-5H3. The maximum Gasteiger partial charge on any atom is 0.317 e. The van der Waals surface area contributed by atoms with Crippen LogP contribution < -0.4 is 0 Å². The van der Waals surface area contributed by atoms with Crippen LogP contribution in [0.2, 0.25) is 0 Å². The molecule has 0 amide bonds. The van der Waals surface area contributed by atoms with E-state index in [0.29, 0.717) is 17.8 Å². The smallest absolute Gasteiger partial charge is 0.317 e. The van der Waals surface area contributed by atoms with Gasteiger partial charge in [0.25, 0.3) is 0 Å². The van der Waals surface area contributed by atoms with Gasteiger partial charge in [-0.2, -0.15) is 0 Å². The Morgan fingerprint density at radius 1 is 1.06 bits per heavy atom. The minimum absolute atomic E-state index is 0.00734. The second kappa shape index (κ2) is 10.1. The van der Waals surface area contributed by atoms with Crippen LogP contribution in [0.3, 0.4) is 0 Å². The van der Waals surface area contributed by atoms with Crippen LogP contribution in [-0.4, -0.2) is 48.2 Å². The molecule has 2 heterocycles. The Morgan fingerprint density at radius 2 is 1.75 bits per heavy atom. The highest BCUT2D eigenvalue weighted by molar-refractivity contribution is 5.97. The Hall–Kier alpha value is -2.45. The van der Waals surface area contributed by atoms with Gasteiger partial charge in [0.2, 0.25) is 0 Å². The molecule has 2 saturated heterocycles. The minimum Gasteiger partial charge on any atom is -0.462 e. The number of carbonyl (C=O) groups excluding carboxylic acids is 5. The van der Waals surface area contributed by atoms with Gasteiger partial charge in [0, 0.05) is 0 Å². The van der Waals surface area contributed by atoms with Crippen molar-refractivity contribution in [2.45, 2.75) is 84.8 Å². The van der Waals surface area contributed by atoms with Gasteiger partial charge in [-0.15, -0.1) is 0 Å². The van der Waals surface area contributed by atoms with E-state index < -0.39 is 65.2 Å². The summed E-state index contributed by atoms with van der Waals surface area (Å²) in [4.78, 5) is 63.0. The molecule has 2 bridgehead atoms. The second-order valence-electron chi connectivity index (χ2n) is 12.2. The summed E-state index contributed by atoms with van der Waals surface area (Å²) in [6, 6.07) is 0. The lowest BCUT2D eigenvalue weighted by Gasteiger charge is -2.34. The molecule has 4 aliphatic rings. The van der Waals surface area contributed by atoms with Gasteiger partial charge in [-0.1, -0.05) is 13.8 Å². The normalized spacial score (nSPS) is 35.4. The SMILES string of the molecule is CC(CC(CC1C(=O)OC(=O)C1C1C2CCC(C2)C1C)C(=O)OC(C)(C)C)C(=O)OC1COC(=O)C1. The molecule has 0 aromatic rings. The first-order valence-corrected chi connectivity index (χ1v) is 13.2. The highest BCUT2D eigenvalue weighted by atomic mass is 16.6. The molecule has 2 aliphatic carbocycles. The van der Waals surface area contributed by atoms with E-state index >= 15 is 0 Å². The zero-order chi connectivity index (χ0) is 26.4. The highest BCUT2D eigenvalue weighted by Gasteiger charge is 2.57. The molecule has 0 radical (unpaired) electrons. The van der Waals surface area contributed by atoms with Crippen LogP contribution in [0, 0.1) is 47.3 Å². The Labute approximate surface area is 211 Å². The molecular weight excluding hydrogens is 468 g/mol. The Morgan fingerprint density at radius 3 is 2.33 bits per heavy atom. The first kappa shape index (κ1) is 26.6. The molecule has 4 fully saturated rings. The second-order valence-corrected chi connectivity index (χ2v) is 12.2. The number of esters is 5. The molecule has 0 N–H and O–H groups in total. The zero-order valence-corrected chi connectivity index (χ0v) is 21.8. The third-order valence-corrected chi connectivity index (χ3v) is 8.46. The van der Waals surface area contributed by atoms with Gasteiger partial charge in [-0.3, -0.25) is 24.0 Å². The minimum atomic E-state index is -0.798. The Balaban J connectivity index is 1.50. The first-order chi connectivity index (χ1) is 16.8. The summed E-state index contributed by atoms with van der Waals surface area (Å²) in [5.41, 5.74) is -0.759. The maximum absolute atomic E-state index is 13.2. The van der Waals surface area contributed by atoms with Crippen LogP contribution in [0.4, 0.5) is 0 Å². The number of hydrogen-bond donors (Lipinski definition) is 0. The average molecular weight is 507 g/mol. The van der Waals surface area contributed by atoms with E-state index in [1.54, 1.807) is 27.7 Å². The summed E-state index contributed by atoms with van der Waals surface area (Å²) in [7, 11) is 0. The molecule has 2 aliphatic heterocycles. The molecule has 9 atom stereocenters. The monoisotopic (exact) mass is 506 g/mol. The van der Waals surface area contributed by atoms with Crippen molar-refractivity contribution in [1.82, 2.24) is 0 Å². The largest absolute Gasteiger partial charge is 0.462 e. The molecular formula is C27H38O9. The third-order valence-electron chi connectivity index (χ3n) is 8.46. The Bertz CT molecular complexity index is 917. The van der Waals surface area contributed by atoms with Crippen LogP contribution in [0.1, 0.15) is 73.1 Å². The molecule has 9 nitrogen and oxygen atoms in total. The summed E-state index contributed by atoms with van der Waals surface area (Å²) in [6.07, 6.45) is 2.81. The first-order valence-electron chi connectivity index (χ1n) is 13.2. The lowest BCUT2D eigenvalue weighted by Crippen LogP contribution is -2.38. The number of ether oxygens (including phenoxy) is 4. The number of rotatable bonds is 8. The van der Waals surface area contributed by atoms with Gasteiger partial charge in [-0.25, -0.2) is 0 Å². The molecule has 4 rings (SSSR count). The van der Waals surface area contributed by atoms with Crippen molar-refractivity contribution < 1.29 is 42.9 Å². The maximum atomic E-state index is 13.2. The predicted molar refractivity (Wildman–Crippen MR) is 125 cm³/mol. The summed E-state index contributed by atoms with van der Waals surface area (Å²) < 4.78 is 21.0. The topological polar surface area (TPSA) is 122 Å². The van der Waals surface area contributed by atoms with Crippen molar-refractivity contribution in [3.8, 4) is 0 Å². The van der Waals surface area contributed by atoms with E-state index in [0.717, 1.165) is 19.3 Å². The molecule has 2 saturated carbocycles. The van der Waals surface area contributed by atoms with Crippen LogP contribution in [0.5, 0.6) is 0 Å². The van der Waals surface area contributed by atoms with Crippen molar-refractivity contribution in [2.75, 3.05) is 6.61 Å². The Kier molecular flexibility index (Phi) is 7.49. The van der Waals surface area contributed by atoms with Gasteiger partial charge in [0.1, 0.15) is 18.3 Å². The van der Waals surface area contributed by atoms with Gasteiger partial charge in [-0.05, 0) is 76.5 Å². The van der Waals surface area contributed by atoms with Crippen LogP contribution in [0.15, 0.2) is 0 Å². The van der Waals surface area contributed by atoms with Gasteiger partial charge < -0.3 is 18.9 Å². The summed E-state index contributed by atoms with van der Waals surface area (Å²) in [6.45, 7) is 9.08. The van der Waals surface area contributed by atoms with E-state index in [2.05, 4.69) is 6.92 Å². The molecule has 9 unspecified atom stereocenters. The highest BCUT2D eigenvalue weighted by Crippen LogP contribution is 2.57. The third kappa shape index (κ3) is 5.59. The van der Waals surface area contributed by atoms with Crippen molar-refractivity contribution in [3.05, 3.63) is 0 Å². The summed E-state index contributed by atoms with van der Waals surface area (Å²) >= 11 is 0. The van der Waals surface area contributed by atoms with Gasteiger partial charge in [0.15, 0.2) is 0 Å². The number of fused-ring (bicyclic) bond motifs is 2. The van der Waals surface area contributed by atoms with Crippen LogP contribution >= 0.6 is 0 Å². The van der Waals surface area contributed by atoms with E-state index in [-0.39, 0.29) is 31.8 Å². The number of cyclic esters (lactones) is 3. The molecule has 200 valence electrons. The molecule has 9 heteroatoms. The fourth-order valence-electron chi connectivity index (χ4n) is 6.81. The van der Waals surface area contributed by atoms with Gasteiger partial charge in [0.05, 0.1) is 30.1 Å². The van der Waals surface area contributed by atoms with E-state index in [9.17, 15) is 24.0 Å². The van der Waals surface area contributed by atoms with E-state index in [4.69, 9.17) is 18.9 Å². The molecule has 0 aromatic carbocycles.